The summed E-state index contributed by atoms with van der Waals surface area (Å²) in [6, 6.07) is 5.52. The molecule has 2 N–H and O–H groups in total. The number of nitrogens with zero attached hydrogens (tertiary/aromatic N) is 1. The van der Waals surface area contributed by atoms with E-state index >= 15 is 0 Å². The molecule has 1 aromatic carbocycles. The summed E-state index contributed by atoms with van der Waals surface area (Å²) in [7, 11) is 0. The summed E-state index contributed by atoms with van der Waals surface area (Å²) in [5.74, 6) is -0.00958. The fourth-order valence-corrected chi connectivity index (χ4v) is 3.77. The van der Waals surface area contributed by atoms with Crippen LogP contribution in [0, 0.1) is 5.82 Å². The first-order valence-corrected chi connectivity index (χ1v) is 7.01. The first-order chi connectivity index (χ1) is 8.77. The van der Waals surface area contributed by atoms with Gasteiger partial charge in [0.2, 0.25) is 0 Å². The van der Waals surface area contributed by atoms with E-state index in [0.29, 0.717) is 6.54 Å². The van der Waals surface area contributed by atoms with Crippen molar-refractivity contribution >= 4 is 5.69 Å². The van der Waals surface area contributed by atoms with Crippen molar-refractivity contribution in [2.75, 3.05) is 24.5 Å². The van der Waals surface area contributed by atoms with Crippen LogP contribution in [-0.2, 0) is 5.41 Å². The lowest BCUT2D eigenvalue weighted by Gasteiger charge is -2.25. The predicted molar refractivity (Wildman–Crippen MR) is 72.4 cm³/mol. The van der Waals surface area contributed by atoms with Crippen LogP contribution in [0.25, 0.3) is 0 Å². The highest BCUT2D eigenvalue weighted by Gasteiger charge is 2.45. The van der Waals surface area contributed by atoms with Gasteiger partial charge in [-0.2, -0.15) is 0 Å². The minimum atomic E-state index is -0.00958. The largest absolute Gasteiger partial charge is 0.370 e. The van der Waals surface area contributed by atoms with Crippen molar-refractivity contribution in [1.82, 2.24) is 0 Å². The van der Waals surface area contributed by atoms with E-state index in [1.807, 2.05) is 6.07 Å². The van der Waals surface area contributed by atoms with Crippen LogP contribution >= 0.6 is 0 Å². The molecule has 1 aliphatic heterocycles. The van der Waals surface area contributed by atoms with Crippen LogP contribution < -0.4 is 10.6 Å². The Morgan fingerprint density at radius 3 is 2.78 bits per heavy atom. The molecular weight excluding hydrogens is 227 g/mol. The molecule has 0 aromatic heterocycles. The number of fused-ring (bicyclic) bond motifs is 2. The lowest BCUT2D eigenvalue weighted by molar-refractivity contribution is 0.443. The Hall–Kier alpha value is -1.09. The van der Waals surface area contributed by atoms with Gasteiger partial charge in [-0.1, -0.05) is 18.9 Å². The third-order valence-electron chi connectivity index (χ3n) is 4.55. The van der Waals surface area contributed by atoms with Crippen molar-refractivity contribution < 1.29 is 4.39 Å². The number of rotatable bonds is 3. The molecule has 0 saturated heterocycles. The minimum Gasteiger partial charge on any atom is -0.370 e. The van der Waals surface area contributed by atoms with Gasteiger partial charge in [-0.15, -0.1) is 0 Å². The van der Waals surface area contributed by atoms with Gasteiger partial charge >= 0.3 is 0 Å². The van der Waals surface area contributed by atoms with Crippen molar-refractivity contribution in [2.24, 2.45) is 5.73 Å². The second kappa shape index (κ2) is 4.54. The monoisotopic (exact) mass is 248 g/mol. The molecule has 1 aromatic rings. The number of hydrogen-bond donors (Lipinski definition) is 1. The molecule has 0 bridgehead atoms. The fraction of sp³-hybridized carbons (Fsp3) is 0.600. The van der Waals surface area contributed by atoms with Gasteiger partial charge < -0.3 is 10.6 Å². The molecule has 0 radical (unpaired) electrons. The molecule has 2 aliphatic rings. The molecule has 18 heavy (non-hydrogen) atoms. The van der Waals surface area contributed by atoms with Gasteiger partial charge in [0.1, 0.15) is 5.82 Å². The van der Waals surface area contributed by atoms with Gasteiger partial charge in [0, 0.05) is 29.8 Å². The zero-order valence-corrected chi connectivity index (χ0v) is 10.8. The Bertz CT molecular complexity index is 438. The first kappa shape index (κ1) is 12.0. The summed E-state index contributed by atoms with van der Waals surface area (Å²) in [6.07, 6.45) is 5.73. The number of benzene rings is 1. The molecular formula is C15H21FN2. The standard InChI is InChI=1S/C15H21FN2/c16-12-5-3-6-13-14(12)15(7-1-2-8-15)11-18(13)10-4-9-17/h3,5-6H,1-2,4,7-11,17H2. The second-order valence-corrected chi connectivity index (χ2v) is 5.69. The van der Waals surface area contributed by atoms with Crippen LogP contribution in [-0.4, -0.2) is 19.6 Å². The Kier molecular flexibility index (Phi) is 3.02. The average Bonchev–Trinajstić information content (AvgIpc) is 2.95. The molecule has 1 heterocycles. The summed E-state index contributed by atoms with van der Waals surface area (Å²) < 4.78 is 14.2. The molecule has 2 nitrogen and oxygen atoms in total. The van der Waals surface area contributed by atoms with Crippen LogP contribution in [0.3, 0.4) is 0 Å². The van der Waals surface area contributed by atoms with E-state index in [1.165, 1.54) is 12.8 Å². The van der Waals surface area contributed by atoms with Crippen molar-refractivity contribution in [1.29, 1.82) is 0 Å². The zero-order valence-electron chi connectivity index (χ0n) is 10.8. The van der Waals surface area contributed by atoms with Crippen molar-refractivity contribution in [3.05, 3.63) is 29.6 Å². The van der Waals surface area contributed by atoms with Crippen molar-refractivity contribution in [2.45, 2.75) is 37.5 Å². The maximum Gasteiger partial charge on any atom is 0.129 e. The third kappa shape index (κ3) is 1.72. The SMILES string of the molecule is NCCCN1CC2(CCCC2)c2c(F)cccc21. The van der Waals surface area contributed by atoms with Gasteiger partial charge in [-0.05, 0) is 37.9 Å². The zero-order chi connectivity index (χ0) is 12.6. The molecule has 0 unspecified atom stereocenters. The van der Waals surface area contributed by atoms with E-state index in [2.05, 4.69) is 11.0 Å². The first-order valence-electron chi connectivity index (χ1n) is 7.01. The average molecular weight is 248 g/mol. The van der Waals surface area contributed by atoms with E-state index in [-0.39, 0.29) is 11.2 Å². The third-order valence-corrected chi connectivity index (χ3v) is 4.55. The van der Waals surface area contributed by atoms with Crippen LogP contribution in [0.2, 0.25) is 0 Å². The maximum atomic E-state index is 14.2. The summed E-state index contributed by atoms with van der Waals surface area (Å²) in [4.78, 5) is 2.34. The Labute approximate surface area is 108 Å². The predicted octanol–water partition coefficient (Wildman–Crippen LogP) is 2.81. The summed E-state index contributed by atoms with van der Waals surface area (Å²) >= 11 is 0. The summed E-state index contributed by atoms with van der Waals surface area (Å²) in [6.45, 7) is 2.64. The van der Waals surface area contributed by atoms with E-state index in [1.54, 1.807) is 6.07 Å². The van der Waals surface area contributed by atoms with Gasteiger partial charge in [0.25, 0.3) is 0 Å². The fourth-order valence-electron chi connectivity index (χ4n) is 3.77. The number of anilines is 1. The molecule has 98 valence electrons. The lowest BCUT2D eigenvalue weighted by Crippen LogP contribution is -2.32. The highest BCUT2D eigenvalue weighted by Crippen LogP contribution is 2.51. The quantitative estimate of drug-likeness (QED) is 0.891. The van der Waals surface area contributed by atoms with Crippen LogP contribution in [0.4, 0.5) is 10.1 Å². The van der Waals surface area contributed by atoms with Gasteiger partial charge in [0.15, 0.2) is 0 Å². The Morgan fingerprint density at radius 2 is 2.06 bits per heavy atom. The normalized spacial score (nSPS) is 20.7. The maximum absolute atomic E-state index is 14.2. The molecule has 3 rings (SSSR count). The molecule has 0 amide bonds. The van der Waals surface area contributed by atoms with Crippen LogP contribution in [0.5, 0.6) is 0 Å². The number of hydrogen-bond acceptors (Lipinski definition) is 2. The van der Waals surface area contributed by atoms with E-state index in [0.717, 1.165) is 43.6 Å². The molecule has 0 atom stereocenters. The highest BCUT2D eigenvalue weighted by atomic mass is 19.1. The molecule has 3 heteroatoms. The molecule has 1 aliphatic carbocycles. The van der Waals surface area contributed by atoms with E-state index in [9.17, 15) is 4.39 Å². The molecule has 1 fully saturated rings. The van der Waals surface area contributed by atoms with Crippen LogP contribution in [0.15, 0.2) is 18.2 Å². The minimum absolute atomic E-state index is 0.00958. The molecule has 1 spiro atoms. The van der Waals surface area contributed by atoms with Gasteiger partial charge in [-0.25, -0.2) is 4.39 Å². The summed E-state index contributed by atoms with van der Waals surface area (Å²) in [5, 5.41) is 0. The second-order valence-electron chi connectivity index (χ2n) is 5.69. The van der Waals surface area contributed by atoms with Crippen molar-refractivity contribution in [3.63, 3.8) is 0 Å². The van der Waals surface area contributed by atoms with Crippen molar-refractivity contribution in [3.8, 4) is 0 Å². The van der Waals surface area contributed by atoms with Gasteiger partial charge in [-0.3, -0.25) is 0 Å². The topological polar surface area (TPSA) is 29.3 Å². The highest BCUT2D eigenvalue weighted by molar-refractivity contribution is 5.63. The number of halogens is 1. The number of nitrogens with two attached hydrogens (primary N) is 1. The van der Waals surface area contributed by atoms with Gasteiger partial charge in [0.05, 0.1) is 0 Å². The van der Waals surface area contributed by atoms with Crippen LogP contribution in [0.1, 0.15) is 37.7 Å². The molecule has 1 saturated carbocycles. The summed E-state index contributed by atoms with van der Waals surface area (Å²) in [5.41, 5.74) is 7.79. The lowest BCUT2D eigenvalue weighted by atomic mass is 9.80. The van der Waals surface area contributed by atoms with E-state index in [4.69, 9.17) is 5.73 Å². The Balaban J connectivity index is 1.99. The van der Waals surface area contributed by atoms with E-state index < -0.39 is 0 Å². The Morgan fingerprint density at radius 1 is 1.28 bits per heavy atom. The smallest absolute Gasteiger partial charge is 0.129 e.